The van der Waals surface area contributed by atoms with Gasteiger partial charge >= 0.3 is 0 Å². The number of amides is 1. The zero-order chi connectivity index (χ0) is 18.9. The topological polar surface area (TPSA) is 47.6 Å². The second-order valence-electron chi connectivity index (χ2n) is 5.74. The van der Waals surface area contributed by atoms with Crippen molar-refractivity contribution in [1.29, 1.82) is 0 Å². The number of hydrogen-bond donors (Lipinski definition) is 1. The van der Waals surface area contributed by atoms with E-state index in [1.165, 1.54) is 6.08 Å². The van der Waals surface area contributed by atoms with E-state index in [4.69, 9.17) is 9.47 Å². The number of rotatable bonds is 7. The van der Waals surface area contributed by atoms with E-state index < -0.39 is 0 Å². The van der Waals surface area contributed by atoms with E-state index in [2.05, 4.69) is 5.32 Å². The van der Waals surface area contributed by atoms with Gasteiger partial charge in [0.2, 0.25) is 5.91 Å². The third-order valence-electron chi connectivity index (χ3n) is 3.73. The third-order valence-corrected chi connectivity index (χ3v) is 3.73. The minimum atomic E-state index is -0.221. The van der Waals surface area contributed by atoms with Crippen LogP contribution in [-0.2, 0) is 4.79 Å². The van der Waals surface area contributed by atoms with Gasteiger partial charge in [0, 0.05) is 6.08 Å². The summed E-state index contributed by atoms with van der Waals surface area (Å²) in [6, 6.07) is 24.4. The van der Waals surface area contributed by atoms with E-state index in [9.17, 15) is 4.79 Å². The smallest absolute Gasteiger partial charge is 0.248 e. The minimum Gasteiger partial charge on any atom is -0.494 e. The average Bonchev–Trinajstić information content (AvgIpc) is 2.70. The maximum absolute atomic E-state index is 12.2. The summed E-state index contributed by atoms with van der Waals surface area (Å²) >= 11 is 0. The molecular weight excluding hydrogens is 338 g/mol. The molecule has 0 radical (unpaired) electrons. The Labute approximate surface area is 159 Å². The van der Waals surface area contributed by atoms with Crippen LogP contribution in [0.15, 0.2) is 84.9 Å². The molecule has 0 aromatic heterocycles. The summed E-state index contributed by atoms with van der Waals surface area (Å²) in [5.74, 6) is 1.81. The SMILES string of the molecule is CCOc1ccc(Oc2ccccc2NC(=O)/C=C/c2ccccc2)cc1. The molecule has 0 saturated carbocycles. The highest BCUT2D eigenvalue weighted by Crippen LogP contribution is 2.30. The Kier molecular flexibility index (Phi) is 6.26. The Hall–Kier alpha value is -3.53. The molecule has 1 N–H and O–H groups in total. The number of anilines is 1. The van der Waals surface area contributed by atoms with Crippen LogP contribution in [-0.4, -0.2) is 12.5 Å². The van der Waals surface area contributed by atoms with Crippen molar-refractivity contribution >= 4 is 17.7 Å². The fraction of sp³-hybridized carbons (Fsp3) is 0.0870. The number of para-hydroxylation sites is 2. The maximum atomic E-state index is 12.2. The van der Waals surface area contributed by atoms with Crippen LogP contribution >= 0.6 is 0 Å². The normalized spacial score (nSPS) is 10.6. The molecule has 1 amide bonds. The highest BCUT2D eigenvalue weighted by molar-refractivity contribution is 6.02. The van der Waals surface area contributed by atoms with E-state index in [0.29, 0.717) is 23.8 Å². The van der Waals surface area contributed by atoms with Gasteiger partial charge < -0.3 is 14.8 Å². The van der Waals surface area contributed by atoms with Gasteiger partial charge in [0.1, 0.15) is 11.5 Å². The molecule has 4 nitrogen and oxygen atoms in total. The third kappa shape index (κ3) is 5.47. The second-order valence-corrected chi connectivity index (χ2v) is 5.74. The van der Waals surface area contributed by atoms with Gasteiger partial charge in [-0.1, -0.05) is 42.5 Å². The lowest BCUT2D eigenvalue weighted by Gasteiger charge is -2.12. The van der Waals surface area contributed by atoms with Crippen LogP contribution in [0, 0.1) is 0 Å². The first-order valence-corrected chi connectivity index (χ1v) is 8.78. The van der Waals surface area contributed by atoms with Gasteiger partial charge in [-0.2, -0.15) is 0 Å². The van der Waals surface area contributed by atoms with Gasteiger partial charge in [-0.3, -0.25) is 4.79 Å². The van der Waals surface area contributed by atoms with Crippen LogP contribution < -0.4 is 14.8 Å². The Morgan fingerprint density at radius 1 is 0.889 bits per heavy atom. The van der Waals surface area contributed by atoms with Crippen LogP contribution in [0.3, 0.4) is 0 Å². The summed E-state index contributed by atoms with van der Waals surface area (Å²) in [4.78, 5) is 12.2. The monoisotopic (exact) mass is 359 g/mol. The van der Waals surface area contributed by atoms with Crippen LogP contribution in [0.4, 0.5) is 5.69 Å². The Balaban J connectivity index is 1.68. The first kappa shape index (κ1) is 18.3. The first-order chi connectivity index (χ1) is 13.2. The van der Waals surface area contributed by atoms with Crippen LogP contribution in [0.5, 0.6) is 17.2 Å². The molecule has 3 aromatic carbocycles. The number of benzene rings is 3. The minimum absolute atomic E-state index is 0.221. The van der Waals surface area contributed by atoms with Crippen molar-refractivity contribution in [3.05, 3.63) is 90.5 Å². The molecule has 0 aliphatic rings. The van der Waals surface area contributed by atoms with E-state index in [1.807, 2.05) is 79.7 Å². The van der Waals surface area contributed by atoms with Gasteiger partial charge in [0.25, 0.3) is 0 Å². The molecule has 0 unspecified atom stereocenters. The van der Waals surface area contributed by atoms with E-state index in [-0.39, 0.29) is 5.91 Å². The Bertz CT molecular complexity index is 902. The van der Waals surface area contributed by atoms with Gasteiger partial charge in [-0.25, -0.2) is 0 Å². The fourth-order valence-corrected chi connectivity index (χ4v) is 2.47. The quantitative estimate of drug-likeness (QED) is 0.564. The lowest BCUT2D eigenvalue weighted by atomic mass is 10.2. The molecule has 0 atom stereocenters. The molecule has 0 spiro atoms. The molecule has 0 fully saturated rings. The second kappa shape index (κ2) is 9.25. The Morgan fingerprint density at radius 2 is 1.56 bits per heavy atom. The predicted molar refractivity (Wildman–Crippen MR) is 108 cm³/mol. The summed E-state index contributed by atoms with van der Waals surface area (Å²) in [5, 5.41) is 2.86. The summed E-state index contributed by atoms with van der Waals surface area (Å²) in [6.45, 7) is 2.56. The van der Waals surface area contributed by atoms with Crippen molar-refractivity contribution in [3.63, 3.8) is 0 Å². The van der Waals surface area contributed by atoms with Crippen molar-refractivity contribution < 1.29 is 14.3 Å². The summed E-state index contributed by atoms with van der Waals surface area (Å²) in [5.41, 5.74) is 1.57. The van der Waals surface area contributed by atoms with Gasteiger partial charge in [-0.15, -0.1) is 0 Å². The molecule has 3 aromatic rings. The Morgan fingerprint density at radius 3 is 2.30 bits per heavy atom. The fourth-order valence-electron chi connectivity index (χ4n) is 2.47. The summed E-state index contributed by atoms with van der Waals surface area (Å²) in [7, 11) is 0. The maximum Gasteiger partial charge on any atom is 0.248 e. The van der Waals surface area contributed by atoms with Crippen molar-refractivity contribution in [3.8, 4) is 17.2 Å². The standard InChI is InChI=1S/C23H21NO3/c1-2-26-19-13-15-20(16-14-19)27-22-11-7-6-10-21(22)24-23(25)17-12-18-8-4-3-5-9-18/h3-17H,2H2,1H3,(H,24,25)/b17-12+. The molecule has 136 valence electrons. The zero-order valence-corrected chi connectivity index (χ0v) is 15.1. The van der Waals surface area contributed by atoms with Gasteiger partial charge in [0.05, 0.1) is 12.3 Å². The number of ether oxygens (including phenoxy) is 2. The molecule has 0 aliphatic carbocycles. The number of nitrogens with one attached hydrogen (secondary N) is 1. The van der Waals surface area contributed by atoms with Crippen LogP contribution in [0.25, 0.3) is 6.08 Å². The molecular formula is C23H21NO3. The van der Waals surface area contributed by atoms with E-state index in [0.717, 1.165) is 11.3 Å². The summed E-state index contributed by atoms with van der Waals surface area (Å²) < 4.78 is 11.3. The highest BCUT2D eigenvalue weighted by atomic mass is 16.5. The van der Waals surface area contributed by atoms with Crippen molar-refractivity contribution in [2.45, 2.75) is 6.92 Å². The molecule has 27 heavy (non-hydrogen) atoms. The molecule has 0 bridgehead atoms. The summed E-state index contributed by atoms with van der Waals surface area (Å²) in [6.07, 6.45) is 3.27. The molecule has 4 heteroatoms. The number of carbonyl (C=O) groups excluding carboxylic acids is 1. The molecule has 0 saturated heterocycles. The predicted octanol–water partition coefficient (Wildman–Crippen LogP) is 5.53. The number of hydrogen-bond acceptors (Lipinski definition) is 3. The van der Waals surface area contributed by atoms with E-state index >= 15 is 0 Å². The largest absolute Gasteiger partial charge is 0.494 e. The van der Waals surface area contributed by atoms with Gasteiger partial charge in [0.15, 0.2) is 5.75 Å². The zero-order valence-electron chi connectivity index (χ0n) is 15.1. The first-order valence-electron chi connectivity index (χ1n) is 8.78. The van der Waals surface area contributed by atoms with Crippen molar-refractivity contribution in [1.82, 2.24) is 0 Å². The lowest BCUT2D eigenvalue weighted by molar-refractivity contribution is -0.111. The highest BCUT2D eigenvalue weighted by Gasteiger charge is 2.07. The van der Waals surface area contributed by atoms with Crippen LogP contribution in [0.2, 0.25) is 0 Å². The molecule has 0 heterocycles. The lowest BCUT2D eigenvalue weighted by Crippen LogP contribution is -2.08. The molecule has 0 aliphatic heterocycles. The van der Waals surface area contributed by atoms with Crippen molar-refractivity contribution in [2.24, 2.45) is 0 Å². The number of carbonyl (C=O) groups is 1. The van der Waals surface area contributed by atoms with Crippen molar-refractivity contribution in [2.75, 3.05) is 11.9 Å². The van der Waals surface area contributed by atoms with E-state index in [1.54, 1.807) is 12.1 Å². The van der Waals surface area contributed by atoms with Crippen LogP contribution in [0.1, 0.15) is 12.5 Å². The average molecular weight is 359 g/mol. The molecule has 3 rings (SSSR count). The van der Waals surface area contributed by atoms with Gasteiger partial charge in [-0.05, 0) is 55.0 Å².